The van der Waals surface area contributed by atoms with Gasteiger partial charge in [0.05, 0.1) is 10.9 Å². The van der Waals surface area contributed by atoms with Crippen molar-refractivity contribution < 1.29 is 9.18 Å². The average Bonchev–Trinajstić information content (AvgIpc) is 3.03. The first kappa shape index (κ1) is 18.1. The van der Waals surface area contributed by atoms with Gasteiger partial charge in [-0.25, -0.2) is 4.98 Å². The highest BCUT2D eigenvalue weighted by Crippen LogP contribution is 2.42. The molecule has 1 aromatic carbocycles. The Labute approximate surface area is 166 Å². The first-order chi connectivity index (χ1) is 12.9. The molecule has 2 aromatic heterocycles. The molecule has 1 aliphatic heterocycles. The lowest BCUT2D eigenvalue weighted by molar-refractivity contribution is -0.129. The number of carbonyl (C=O) groups is 1. The molecule has 1 aliphatic rings. The largest absolute Gasteiger partial charge is 0.337 e. The second kappa shape index (κ2) is 7.06. The summed E-state index contributed by atoms with van der Waals surface area (Å²) in [5.74, 6) is -0.390. The molecule has 3 heterocycles. The zero-order chi connectivity index (χ0) is 19.1. The number of carbonyl (C=O) groups excluding carboxylic acids is 1. The van der Waals surface area contributed by atoms with Crippen molar-refractivity contribution in [3.8, 4) is 11.1 Å². The van der Waals surface area contributed by atoms with Crippen LogP contribution in [0.4, 0.5) is 4.39 Å². The predicted molar refractivity (Wildman–Crippen MR) is 107 cm³/mol. The molecule has 0 unspecified atom stereocenters. The third-order valence-corrected chi connectivity index (χ3v) is 6.30. The monoisotopic (exact) mass is 400 g/mol. The minimum Gasteiger partial charge on any atom is -0.337 e. The topological polar surface area (TPSA) is 33.2 Å². The van der Waals surface area contributed by atoms with Crippen molar-refractivity contribution in [2.24, 2.45) is 0 Å². The van der Waals surface area contributed by atoms with Crippen molar-refractivity contribution in [3.05, 3.63) is 74.4 Å². The number of aromatic nitrogens is 1. The molecule has 1 amide bonds. The lowest BCUT2D eigenvalue weighted by atomic mass is 9.84. The van der Waals surface area contributed by atoms with Crippen LogP contribution >= 0.6 is 22.9 Å². The van der Waals surface area contributed by atoms with Gasteiger partial charge in [-0.3, -0.25) is 4.79 Å². The van der Waals surface area contributed by atoms with Crippen molar-refractivity contribution in [2.75, 3.05) is 6.54 Å². The Morgan fingerprint density at radius 1 is 1.30 bits per heavy atom. The van der Waals surface area contributed by atoms with Gasteiger partial charge in [-0.2, -0.15) is 4.39 Å². The van der Waals surface area contributed by atoms with Crippen LogP contribution in [0, 0.1) is 12.9 Å². The number of benzene rings is 1. The fourth-order valence-corrected chi connectivity index (χ4v) is 5.02. The summed E-state index contributed by atoms with van der Waals surface area (Å²) in [4.78, 5) is 18.9. The van der Waals surface area contributed by atoms with Crippen LogP contribution in [0.1, 0.15) is 34.4 Å². The van der Waals surface area contributed by atoms with Crippen LogP contribution in [0.25, 0.3) is 11.1 Å². The summed E-state index contributed by atoms with van der Waals surface area (Å²) in [7, 11) is 0. The number of aryl methyl sites for hydroxylation is 1. The zero-order valence-electron chi connectivity index (χ0n) is 15.0. The second-order valence-corrected chi connectivity index (χ2v) is 8.57. The lowest BCUT2D eigenvalue weighted by Crippen LogP contribution is -2.36. The number of hydrogen-bond acceptors (Lipinski definition) is 3. The number of rotatable bonds is 2. The smallest absolute Gasteiger partial charge is 0.219 e. The van der Waals surface area contributed by atoms with Crippen LogP contribution in [0.15, 0.2) is 42.6 Å². The molecule has 0 fully saturated rings. The van der Waals surface area contributed by atoms with Gasteiger partial charge in [0.2, 0.25) is 11.9 Å². The lowest BCUT2D eigenvalue weighted by Gasteiger charge is -2.33. The van der Waals surface area contributed by atoms with Crippen molar-refractivity contribution in [1.29, 1.82) is 0 Å². The maximum absolute atomic E-state index is 13.6. The first-order valence-electron chi connectivity index (χ1n) is 8.69. The van der Waals surface area contributed by atoms with Gasteiger partial charge in [-0.15, -0.1) is 11.3 Å². The predicted octanol–water partition coefficient (Wildman–Crippen LogP) is 5.41. The molecule has 3 nitrogen and oxygen atoms in total. The average molecular weight is 401 g/mol. The number of pyridine rings is 1. The highest BCUT2D eigenvalue weighted by molar-refractivity contribution is 7.16. The van der Waals surface area contributed by atoms with Crippen molar-refractivity contribution in [3.63, 3.8) is 0 Å². The molecule has 0 aliphatic carbocycles. The molecule has 0 spiro atoms. The molecule has 1 atom stereocenters. The summed E-state index contributed by atoms with van der Waals surface area (Å²) >= 11 is 7.81. The summed E-state index contributed by atoms with van der Waals surface area (Å²) in [6.07, 6.45) is 1.56. The Balaban J connectivity index is 1.86. The standard InChI is InChI=1S/C21H18ClFN2OS/c1-12-7-14(9-24-21(12)23)15-5-3-4-6-16(15)18-10-25(13(2)26)11-19-17(18)8-20(22)27-19/h3-9,18H,10-11H2,1-2H3/t18-/m1/s1. The summed E-state index contributed by atoms with van der Waals surface area (Å²) in [5, 5.41) is 0. The van der Waals surface area contributed by atoms with E-state index in [1.807, 2.05) is 35.2 Å². The van der Waals surface area contributed by atoms with Crippen LogP contribution in [-0.4, -0.2) is 22.3 Å². The van der Waals surface area contributed by atoms with Gasteiger partial charge in [-0.05, 0) is 35.7 Å². The van der Waals surface area contributed by atoms with E-state index in [0.717, 1.165) is 25.9 Å². The van der Waals surface area contributed by atoms with Gasteiger partial charge in [0.1, 0.15) is 0 Å². The Morgan fingerprint density at radius 3 is 2.81 bits per heavy atom. The second-order valence-electron chi connectivity index (χ2n) is 6.80. The molecule has 3 aromatic rings. The molecule has 4 rings (SSSR count). The molecule has 0 radical (unpaired) electrons. The van der Waals surface area contributed by atoms with E-state index in [1.165, 1.54) is 16.9 Å². The number of thiophene rings is 1. The maximum Gasteiger partial charge on any atom is 0.219 e. The van der Waals surface area contributed by atoms with Gasteiger partial charge >= 0.3 is 0 Å². The zero-order valence-corrected chi connectivity index (χ0v) is 16.6. The van der Waals surface area contributed by atoms with Gasteiger partial charge in [-0.1, -0.05) is 35.9 Å². The molecule has 6 heteroatoms. The third-order valence-electron chi connectivity index (χ3n) is 5.03. The van der Waals surface area contributed by atoms with E-state index in [9.17, 15) is 9.18 Å². The first-order valence-corrected chi connectivity index (χ1v) is 9.88. The van der Waals surface area contributed by atoms with Crippen molar-refractivity contribution in [1.82, 2.24) is 9.88 Å². The molecule has 27 heavy (non-hydrogen) atoms. The Kier molecular flexibility index (Phi) is 4.74. The number of hydrogen-bond donors (Lipinski definition) is 0. The molecule has 0 bridgehead atoms. The highest BCUT2D eigenvalue weighted by Gasteiger charge is 2.31. The van der Waals surface area contributed by atoms with Crippen LogP contribution in [0.3, 0.4) is 0 Å². The van der Waals surface area contributed by atoms with Crippen LogP contribution in [-0.2, 0) is 11.3 Å². The summed E-state index contributed by atoms with van der Waals surface area (Å²) in [6.45, 7) is 4.50. The molecular formula is C21H18ClFN2OS. The van der Waals surface area contributed by atoms with Gasteiger partial charge < -0.3 is 4.90 Å². The molecule has 138 valence electrons. The van der Waals surface area contributed by atoms with Gasteiger partial charge in [0, 0.05) is 41.6 Å². The minimum absolute atomic E-state index is 0.0166. The van der Waals surface area contributed by atoms with E-state index >= 15 is 0 Å². The Hall–Kier alpha value is -2.24. The van der Waals surface area contributed by atoms with Crippen LogP contribution < -0.4 is 0 Å². The Morgan fingerprint density at radius 2 is 2.07 bits per heavy atom. The van der Waals surface area contributed by atoms with Gasteiger partial charge in [0.25, 0.3) is 0 Å². The number of amides is 1. The molecule has 0 saturated carbocycles. The molecule has 0 N–H and O–H groups in total. The van der Waals surface area contributed by atoms with E-state index in [2.05, 4.69) is 11.1 Å². The van der Waals surface area contributed by atoms with Gasteiger partial charge in [0.15, 0.2) is 0 Å². The highest BCUT2D eigenvalue weighted by atomic mass is 35.5. The van der Waals surface area contributed by atoms with E-state index < -0.39 is 5.95 Å². The number of nitrogens with zero attached hydrogens (tertiary/aromatic N) is 2. The number of fused-ring (bicyclic) bond motifs is 1. The Bertz CT molecular complexity index is 1030. The fourth-order valence-electron chi connectivity index (χ4n) is 3.66. The molecule has 0 saturated heterocycles. The number of halogens is 2. The fraction of sp³-hybridized carbons (Fsp3) is 0.238. The van der Waals surface area contributed by atoms with Crippen molar-refractivity contribution in [2.45, 2.75) is 26.3 Å². The van der Waals surface area contributed by atoms with Crippen molar-refractivity contribution >= 4 is 28.8 Å². The van der Waals surface area contributed by atoms with E-state index in [0.29, 0.717) is 18.7 Å². The quantitative estimate of drug-likeness (QED) is 0.539. The van der Waals surface area contributed by atoms with E-state index in [1.54, 1.807) is 20.0 Å². The summed E-state index contributed by atoms with van der Waals surface area (Å²) < 4.78 is 14.4. The third kappa shape index (κ3) is 3.37. The maximum atomic E-state index is 13.6. The SMILES string of the molecule is CC(=O)N1Cc2sc(Cl)cc2[C@@H](c2ccccc2-c2cnc(F)c(C)c2)C1. The minimum atomic E-state index is -0.455. The van der Waals surface area contributed by atoms with Crippen LogP contribution in [0.5, 0.6) is 0 Å². The molecular weight excluding hydrogens is 383 g/mol. The summed E-state index contributed by atoms with van der Waals surface area (Å²) in [6, 6.07) is 11.9. The van der Waals surface area contributed by atoms with Crippen LogP contribution in [0.2, 0.25) is 4.34 Å². The van der Waals surface area contributed by atoms with E-state index in [4.69, 9.17) is 11.6 Å². The summed E-state index contributed by atoms with van der Waals surface area (Å²) in [5.41, 5.74) is 4.63. The van der Waals surface area contributed by atoms with E-state index in [-0.39, 0.29) is 11.8 Å². The normalized spacial score (nSPS) is 16.3.